The van der Waals surface area contributed by atoms with Gasteiger partial charge in [0.05, 0.1) is 6.54 Å². The fourth-order valence-corrected chi connectivity index (χ4v) is 3.21. The summed E-state index contributed by atoms with van der Waals surface area (Å²) < 4.78 is 1.53. The third-order valence-electron chi connectivity index (χ3n) is 3.54. The van der Waals surface area contributed by atoms with Gasteiger partial charge >= 0.3 is 0 Å². The molecule has 0 saturated heterocycles. The first-order valence-corrected chi connectivity index (χ1v) is 7.89. The molecule has 3 aromatic rings. The Hall–Kier alpha value is -1.30. The van der Waals surface area contributed by atoms with E-state index in [1.807, 2.05) is 0 Å². The van der Waals surface area contributed by atoms with E-state index in [-0.39, 0.29) is 19.0 Å². The third kappa shape index (κ3) is 3.85. The molecule has 3 rings (SSSR count). The molecule has 0 amide bonds. The smallest absolute Gasteiger partial charge is 0.137 e. The van der Waals surface area contributed by atoms with Crippen molar-refractivity contribution in [1.29, 1.82) is 0 Å². The predicted molar refractivity (Wildman–Crippen MR) is 98.2 cm³/mol. The largest absolute Gasteiger partial charge is 0.378 e. The topological polar surface area (TPSA) is 50.9 Å². The molecule has 4 nitrogen and oxygen atoms in total. The van der Waals surface area contributed by atoms with Crippen LogP contribution in [0.5, 0.6) is 0 Å². The normalized spacial score (nSPS) is 13.2. The first-order valence-electron chi connectivity index (χ1n) is 6.75. The van der Waals surface area contributed by atoms with Gasteiger partial charge in [0, 0.05) is 20.6 Å². The van der Waals surface area contributed by atoms with Crippen molar-refractivity contribution in [2.24, 2.45) is 0 Å². The predicted octanol–water partition coefficient (Wildman–Crippen LogP) is 4.60. The van der Waals surface area contributed by atoms with Gasteiger partial charge in [-0.2, -0.15) is 5.10 Å². The summed E-state index contributed by atoms with van der Waals surface area (Å²) >= 11 is 18.4. The van der Waals surface area contributed by atoms with Crippen molar-refractivity contribution >= 4 is 47.2 Å². The second-order valence-corrected chi connectivity index (χ2v) is 6.37. The van der Waals surface area contributed by atoms with Gasteiger partial charge in [-0.3, -0.25) is 0 Å². The lowest BCUT2D eigenvalue weighted by Crippen LogP contribution is -2.33. The van der Waals surface area contributed by atoms with Crippen LogP contribution in [-0.2, 0) is 12.1 Å². The van der Waals surface area contributed by atoms with Crippen LogP contribution in [0, 0.1) is 0 Å². The molecule has 8 heteroatoms. The van der Waals surface area contributed by atoms with Crippen molar-refractivity contribution in [3.63, 3.8) is 0 Å². The lowest BCUT2D eigenvalue weighted by molar-refractivity contribution is 0.0573. The van der Waals surface area contributed by atoms with E-state index in [1.165, 1.54) is 17.3 Å². The molecule has 0 aliphatic rings. The zero-order valence-corrected chi connectivity index (χ0v) is 15.3. The summed E-state index contributed by atoms with van der Waals surface area (Å²) in [6, 6.07) is 12.0. The fourth-order valence-electron chi connectivity index (χ4n) is 2.45. The van der Waals surface area contributed by atoms with Crippen molar-refractivity contribution in [2.75, 3.05) is 0 Å². The zero-order valence-electron chi connectivity index (χ0n) is 12.2. The summed E-state index contributed by atoms with van der Waals surface area (Å²) in [5.74, 6) is 0. The summed E-state index contributed by atoms with van der Waals surface area (Å²) in [6.45, 7) is 0.134. The second kappa shape index (κ2) is 7.72. The number of nitrogens with zero attached hydrogens (tertiary/aromatic N) is 3. The summed E-state index contributed by atoms with van der Waals surface area (Å²) in [6.07, 6.45) is 2.93. The number of aromatic nitrogens is 3. The van der Waals surface area contributed by atoms with Crippen molar-refractivity contribution in [3.8, 4) is 0 Å². The molecule has 0 saturated carbocycles. The van der Waals surface area contributed by atoms with E-state index in [2.05, 4.69) is 10.1 Å². The number of halogens is 4. The molecule has 0 spiro atoms. The Morgan fingerprint density at radius 1 is 1.04 bits per heavy atom. The van der Waals surface area contributed by atoms with Crippen molar-refractivity contribution in [3.05, 3.63) is 81.3 Å². The number of hydrogen-bond donors (Lipinski definition) is 1. The van der Waals surface area contributed by atoms with E-state index >= 15 is 0 Å². The van der Waals surface area contributed by atoms with Gasteiger partial charge in [0.1, 0.15) is 18.3 Å². The van der Waals surface area contributed by atoms with E-state index in [9.17, 15) is 5.11 Å². The number of aliphatic hydroxyl groups is 1. The van der Waals surface area contributed by atoms with Crippen LogP contribution in [0.4, 0.5) is 0 Å². The van der Waals surface area contributed by atoms with Crippen LogP contribution in [0.25, 0.3) is 0 Å². The minimum atomic E-state index is -1.43. The van der Waals surface area contributed by atoms with Crippen LogP contribution in [0.15, 0.2) is 55.1 Å². The van der Waals surface area contributed by atoms with Gasteiger partial charge in [0.25, 0.3) is 0 Å². The van der Waals surface area contributed by atoms with Crippen molar-refractivity contribution in [1.82, 2.24) is 14.8 Å². The highest BCUT2D eigenvalue weighted by molar-refractivity contribution is 6.35. The average Bonchev–Trinajstić information content (AvgIpc) is 2.99. The van der Waals surface area contributed by atoms with Crippen LogP contribution >= 0.6 is 47.2 Å². The molecular weight excluding hydrogens is 392 g/mol. The minimum absolute atomic E-state index is 0. The number of benzene rings is 2. The van der Waals surface area contributed by atoms with Crippen LogP contribution in [0.2, 0.25) is 15.1 Å². The van der Waals surface area contributed by atoms with Crippen LogP contribution in [0.3, 0.4) is 0 Å². The molecule has 2 aromatic carbocycles. The molecule has 1 atom stereocenters. The summed E-state index contributed by atoms with van der Waals surface area (Å²) in [7, 11) is 0. The Morgan fingerprint density at radius 2 is 1.79 bits per heavy atom. The highest BCUT2D eigenvalue weighted by Crippen LogP contribution is 2.37. The van der Waals surface area contributed by atoms with Crippen molar-refractivity contribution < 1.29 is 5.11 Å². The number of rotatable bonds is 4. The summed E-state index contributed by atoms with van der Waals surface area (Å²) in [4.78, 5) is 3.91. The molecule has 0 fully saturated rings. The van der Waals surface area contributed by atoms with Gasteiger partial charge in [0.2, 0.25) is 0 Å². The summed E-state index contributed by atoms with van der Waals surface area (Å²) in [5.41, 5.74) is -0.314. The first-order chi connectivity index (χ1) is 11.0. The SMILES string of the molecule is Cl.OC(Cn1cncn1)(c1cccc(Cl)c1)c1ccc(Cl)cc1Cl. The highest BCUT2D eigenvalue weighted by atomic mass is 35.5. The van der Waals surface area contributed by atoms with E-state index < -0.39 is 5.60 Å². The lowest BCUT2D eigenvalue weighted by atomic mass is 9.86. The maximum Gasteiger partial charge on any atom is 0.137 e. The quantitative estimate of drug-likeness (QED) is 0.691. The second-order valence-electron chi connectivity index (χ2n) is 5.09. The minimum Gasteiger partial charge on any atom is -0.378 e. The first kappa shape index (κ1) is 19.0. The molecular formula is C16H13Cl4N3O. The molecule has 0 aliphatic heterocycles. The monoisotopic (exact) mass is 403 g/mol. The fraction of sp³-hybridized carbons (Fsp3) is 0.125. The van der Waals surface area contributed by atoms with E-state index in [4.69, 9.17) is 34.8 Å². The Morgan fingerprint density at radius 3 is 2.42 bits per heavy atom. The molecule has 0 bridgehead atoms. The highest BCUT2D eigenvalue weighted by Gasteiger charge is 2.35. The van der Waals surface area contributed by atoms with Crippen LogP contribution in [0.1, 0.15) is 11.1 Å². The molecule has 1 N–H and O–H groups in total. The van der Waals surface area contributed by atoms with Crippen molar-refractivity contribution in [2.45, 2.75) is 12.1 Å². The van der Waals surface area contributed by atoms with Gasteiger partial charge in [-0.05, 0) is 29.8 Å². The van der Waals surface area contributed by atoms with E-state index in [0.717, 1.165) is 0 Å². The number of hydrogen-bond acceptors (Lipinski definition) is 3. The molecule has 0 radical (unpaired) electrons. The molecule has 24 heavy (non-hydrogen) atoms. The van der Waals surface area contributed by atoms with Gasteiger partial charge in [-0.25, -0.2) is 9.67 Å². The van der Waals surface area contributed by atoms with Gasteiger partial charge in [-0.15, -0.1) is 12.4 Å². The Kier molecular flexibility index (Phi) is 6.12. The Balaban J connectivity index is 0.00000208. The Bertz CT molecular complexity index is 826. The Labute approximate surface area is 160 Å². The van der Waals surface area contributed by atoms with Crippen LogP contribution in [-0.4, -0.2) is 19.9 Å². The van der Waals surface area contributed by atoms with E-state index in [1.54, 1.807) is 42.5 Å². The van der Waals surface area contributed by atoms with Gasteiger partial charge < -0.3 is 5.11 Å². The third-order valence-corrected chi connectivity index (χ3v) is 4.32. The summed E-state index contributed by atoms with van der Waals surface area (Å²) in [5, 5.41) is 16.9. The van der Waals surface area contributed by atoms with E-state index in [0.29, 0.717) is 26.2 Å². The van der Waals surface area contributed by atoms with Gasteiger partial charge in [-0.1, -0.05) is 53.0 Å². The molecule has 1 aromatic heterocycles. The molecule has 0 aliphatic carbocycles. The van der Waals surface area contributed by atoms with Crippen LogP contribution < -0.4 is 0 Å². The maximum absolute atomic E-state index is 11.4. The molecule has 1 unspecified atom stereocenters. The average molecular weight is 405 g/mol. The molecule has 1 heterocycles. The maximum atomic E-state index is 11.4. The zero-order chi connectivity index (χ0) is 16.4. The van der Waals surface area contributed by atoms with Gasteiger partial charge in [0.15, 0.2) is 0 Å². The standard InChI is InChI=1S/C16H12Cl3N3O.ClH/c17-12-3-1-2-11(6-12)16(23,8-22-10-20-9-21-22)14-5-4-13(18)7-15(14)19;/h1-7,9-10,23H,8H2;1H. The lowest BCUT2D eigenvalue weighted by Gasteiger charge is -2.30. The molecule has 126 valence electrons.